The van der Waals surface area contributed by atoms with Crippen molar-refractivity contribution in [1.82, 2.24) is 15.3 Å². The summed E-state index contributed by atoms with van der Waals surface area (Å²) in [7, 11) is 3.43. The van der Waals surface area contributed by atoms with Crippen LogP contribution in [0.5, 0.6) is 5.75 Å². The molecule has 0 spiro atoms. The number of nitrogens with zero attached hydrogens (tertiary/aromatic N) is 2. The highest BCUT2D eigenvalue weighted by atomic mass is 32.2. The fourth-order valence-electron chi connectivity index (χ4n) is 4.68. The van der Waals surface area contributed by atoms with Gasteiger partial charge < -0.3 is 14.8 Å². The van der Waals surface area contributed by atoms with E-state index in [4.69, 9.17) is 14.3 Å². The third kappa shape index (κ3) is 5.36. The van der Waals surface area contributed by atoms with Gasteiger partial charge in [0.25, 0.3) is 5.91 Å². The van der Waals surface area contributed by atoms with Gasteiger partial charge >= 0.3 is 5.97 Å². The Morgan fingerprint density at radius 1 is 1.11 bits per heavy atom. The molecule has 2 aromatic carbocycles. The van der Waals surface area contributed by atoms with Crippen molar-refractivity contribution in [1.29, 1.82) is 0 Å². The number of methoxy groups -OCH3 is 1. The summed E-state index contributed by atoms with van der Waals surface area (Å²) >= 11 is 1.52. The van der Waals surface area contributed by atoms with Crippen molar-refractivity contribution in [2.75, 3.05) is 26.5 Å². The second-order valence-electron chi connectivity index (χ2n) is 9.15. The fourth-order valence-corrected chi connectivity index (χ4v) is 6.09. The number of ether oxygens (including phenoxy) is 2. The van der Waals surface area contributed by atoms with Crippen molar-refractivity contribution in [3.8, 4) is 5.75 Å². The van der Waals surface area contributed by atoms with Crippen LogP contribution < -0.4 is 10.1 Å². The Balaban J connectivity index is 1.31. The van der Waals surface area contributed by atoms with Crippen molar-refractivity contribution < 1.29 is 28.7 Å². The van der Waals surface area contributed by atoms with Gasteiger partial charge in [-0.05, 0) is 29.7 Å². The fraction of sp³-hybridized carbons (Fsp3) is 0.370. The number of carbonyl (C=O) groups excluding carboxylic acids is 3. The van der Waals surface area contributed by atoms with E-state index in [0.717, 1.165) is 23.2 Å². The molecule has 0 aromatic heterocycles. The number of hydrogen-bond donors (Lipinski definition) is 1. The molecule has 0 radical (unpaired) electrons. The highest BCUT2D eigenvalue weighted by molar-refractivity contribution is 8.00. The molecule has 2 fully saturated rings. The predicted molar refractivity (Wildman–Crippen MR) is 137 cm³/mol. The molecule has 0 aliphatic carbocycles. The first-order chi connectivity index (χ1) is 17.9. The minimum Gasteiger partial charge on any atom is -0.497 e. The van der Waals surface area contributed by atoms with Crippen molar-refractivity contribution in [3.63, 3.8) is 0 Å². The summed E-state index contributed by atoms with van der Waals surface area (Å²) in [6.45, 7) is 0.782. The second-order valence-corrected chi connectivity index (χ2v) is 10.3. The van der Waals surface area contributed by atoms with E-state index in [0.29, 0.717) is 17.9 Å². The van der Waals surface area contributed by atoms with Crippen molar-refractivity contribution >= 4 is 29.5 Å². The molecule has 1 N–H and O–H groups in total. The zero-order valence-corrected chi connectivity index (χ0v) is 21.5. The molecule has 3 heterocycles. The lowest BCUT2D eigenvalue weighted by atomic mass is 9.99. The number of hydroxylamine groups is 2. The third-order valence-electron chi connectivity index (χ3n) is 6.65. The van der Waals surface area contributed by atoms with E-state index < -0.39 is 12.0 Å². The predicted octanol–water partition coefficient (Wildman–Crippen LogP) is 2.27. The maximum atomic E-state index is 13.4. The molecule has 2 aromatic rings. The van der Waals surface area contributed by atoms with Crippen molar-refractivity contribution in [3.05, 3.63) is 77.0 Å². The Kier molecular flexibility index (Phi) is 7.50. The first kappa shape index (κ1) is 25.3. The minimum atomic E-state index is -0.695. The number of esters is 1. The Labute approximate surface area is 219 Å². The standard InChI is InChI=1S/C27H29N3O6S/c1-29-13-12-21(36-29)20-16-37-26-23(28-22(31)14-17-6-4-3-5-7-17)25(32)30(26)24(20)27(33)35-15-18-8-10-19(34-2)11-9-18/h3-11,21,23,26H,12-16H2,1-2H3,(H,28,31)/t21-,23?,26?/m1/s1. The SMILES string of the molecule is COc1ccc(COC(=O)C2=C([C@H]3CCN(C)O3)CSC3C(NC(=O)Cc4ccccc4)C(=O)N23)cc1. The number of fused-ring (bicyclic) bond motifs is 1. The van der Waals surface area contributed by atoms with Gasteiger partial charge in [0, 0.05) is 24.9 Å². The van der Waals surface area contributed by atoms with Crippen LogP contribution in [0.15, 0.2) is 65.9 Å². The average Bonchev–Trinajstić information content (AvgIpc) is 3.36. The summed E-state index contributed by atoms with van der Waals surface area (Å²) in [6.07, 6.45) is 0.592. The number of hydrogen-bond acceptors (Lipinski definition) is 8. The van der Waals surface area contributed by atoms with E-state index >= 15 is 0 Å². The summed E-state index contributed by atoms with van der Waals surface area (Å²) in [5.74, 6) is 0.0890. The van der Waals surface area contributed by atoms with Gasteiger partial charge in [-0.15, -0.1) is 11.8 Å². The average molecular weight is 524 g/mol. The van der Waals surface area contributed by atoms with Gasteiger partial charge in [0.2, 0.25) is 5.91 Å². The maximum Gasteiger partial charge on any atom is 0.355 e. The molecule has 2 unspecified atom stereocenters. The number of benzene rings is 2. The Hall–Kier alpha value is -3.34. The number of β-lactam (4-membered cyclic amide) rings is 1. The van der Waals surface area contributed by atoms with Crippen LogP contribution in [0.4, 0.5) is 0 Å². The summed E-state index contributed by atoms with van der Waals surface area (Å²) in [6, 6.07) is 15.9. The molecule has 0 saturated carbocycles. The van der Waals surface area contributed by atoms with Crippen LogP contribution >= 0.6 is 11.8 Å². The van der Waals surface area contributed by atoms with Gasteiger partial charge in [0.15, 0.2) is 0 Å². The number of thioether (sulfide) groups is 1. The van der Waals surface area contributed by atoms with Crippen LogP contribution in [0.2, 0.25) is 0 Å². The van der Waals surface area contributed by atoms with Gasteiger partial charge in [0.05, 0.1) is 13.5 Å². The van der Waals surface area contributed by atoms with Crippen molar-refractivity contribution in [2.45, 2.75) is 37.0 Å². The number of nitrogens with one attached hydrogen (secondary N) is 1. The molecule has 37 heavy (non-hydrogen) atoms. The lowest BCUT2D eigenvalue weighted by Gasteiger charge is -2.50. The highest BCUT2D eigenvalue weighted by Gasteiger charge is 2.55. The molecule has 9 nitrogen and oxygen atoms in total. The van der Waals surface area contributed by atoms with Gasteiger partial charge in [0.1, 0.15) is 35.6 Å². The minimum absolute atomic E-state index is 0.0577. The zero-order chi connectivity index (χ0) is 25.9. The van der Waals surface area contributed by atoms with E-state index in [-0.39, 0.29) is 42.0 Å². The summed E-state index contributed by atoms with van der Waals surface area (Å²) in [5, 5.41) is 4.22. The van der Waals surface area contributed by atoms with Crippen LogP contribution in [-0.2, 0) is 37.0 Å². The summed E-state index contributed by atoms with van der Waals surface area (Å²) < 4.78 is 10.8. The van der Waals surface area contributed by atoms with E-state index in [1.165, 1.54) is 16.7 Å². The highest BCUT2D eigenvalue weighted by Crippen LogP contribution is 2.43. The number of carbonyl (C=O) groups is 3. The lowest BCUT2D eigenvalue weighted by Crippen LogP contribution is -2.71. The molecule has 0 bridgehead atoms. The van der Waals surface area contributed by atoms with Crippen LogP contribution in [0.1, 0.15) is 17.5 Å². The molecule has 2 saturated heterocycles. The van der Waals surface area contributed by atoms with Gasteiger partial charge in [-0.1, -0.05) is 42.5 Å². The smallest absolute Gasteiger partial charge is 0.355 e. The third-order valence-corrected chi connectivity index (χ3v) is 7.95. The molecule has 194 valence electrons. The first-order valence-electron chi connectivity index (χ1n) is 12.1. The molecule has 10 heteroatoms. The van der Waals surface area contributed by atoms with Gasteiger partial charge in [-0.3, -0.25) is 19.3 Å². The summed E-state index contributed by atoms with van der Waals surface area (Å²) in [4.78, 5) is 46.7. The van der Waals surface area contributed by atoms with Gasteiger partial charge in [-0.25, -0.2) is 4.79 Å². The monoisotopic (exact) mass is 523 g/mol. The van der Waals surface area contributed by atoms with Crippen LogP contribution in [0, 0.1) is 0 Å². The normalized spacial score (nSPS) is 23.4. The number of amides is 2. The second kappa shape index (κ2) is 11.0. The molecule has 5 rings (SSSR count). The zero-order valence-electron chi connectivity index (χ0n) is 20.7. The number of rotatable bonds is 8. The Bertz CT molecular complexity index is 1200. The molecule has 3 atom stereocenters. The van der Waals surface area contributed by atoms with Crippen LogP contribution in [-0.4, -0.2) is 71.7 Å². The molecular weight excluding hydrogens is 494 g/mol. The molecule has 3 aliphatic heterocycles. The largest absolute Gasteiger partial charge is 0.497 e. The molecular formula is C27H29N3O6S. The van der Waals surface area contributed by atoms with Crippen LogP contribution in [0.25, 0.3) is 0 Å². The Morgan fingerprint density at radius 2 is 1.86 bits per heavy atom. The van der Waals surface area contributed by atoms with Crippen LogP contribution in [0.3, 0.4) is 0 Å². The maximum absolute atomic E-state index is 13.4. The summed E-state index contributed by atoms with van der Waals surface area (Å²) in [5.41, 5.74) is 2.65. The van der Waals surface area contributed by atoms with Crippen molar-refractivity contribution in [2.24, 2.45) is 0 Å². The molecule has 2 amide bonds. The van der Waals surface area contributed by atoms with E-state index in [1.54, 1.807) is 24.3 Å². The Morgan fingerprint density at radius 3 is 2.54 bits per heavy atom. The van der Waals surface area contributed by atoms with E-state index in [2.05, 4.69) is 5.32 Å². The molecule has 3 aliphatic rings. The quantitative estimate of drug-likeness (QED) is 0.416. The first-order valence-corrected chi connectivity index (χ1v) is 13.2. The van der Waals surface area contributed by atoms with E-state index in [9.17, 15) is 14.4 Å². The van der Waals surface area contributed by atoms with Gasteiger partial charge in [-0.2, -0.15) is 5.06 Å². The topological polar surface area (TPSA) is 97.4 Å². The van der Waals surface area contributed by atoms with E-state index in [1.807, 2.05) is 49.5 Å². The lowest BCUT2D eigenvalue weighted by molar-refractivity contribution is -0.154.